The van der Waals surface area contributed by atoms with Gasteiger partial charge in [-0.2, -0.15) is 0 Å². The summed E-state index contributed by atoms with van der Waals surface area (Å²) in [5.74, 6) is -2.48. The molecule has 2 rings (SSSR count). The van der Waals surface area contributed by atoms with E-state index in [1.54, 1.807) is 0 Å². The predicted molar refractivity (Wildman–Crippen MR) is 69.4 cm³/mol. The molecular weight excluding hydrogens is 283 g/mol. The van der Waals surface area contributed by atoms with Crippen molar-refractivity contribution < 1.29 is 24.0 Å². The molecule has 0 radical (unpaired) electrons. The van der Waals surface area contributed by atoms with Crippen molar-refractivity contribution in [2.24, 2.45) is 0 Å². The van der Waals surface area contributed by atoms with Gasteiger partial charge in [-0.05, 0) is 18.9 Å². The van der Waals surface area contributed by atoms with Gasteiger partial charge < -0.3 is 10.0 Å². The van der Waals surface area contributed by atoms with Crippen LogP contribution in [0.1, 0.15) is 29.6 Å². The smallest absolute Gasteiger partial charge is 0.305 e. The fourth-order valence-electron chi connectivity index (χ4n) is 2.49. The number of likely N-dealkylation sites (tertiary alicyclic amines) is 1. The number of hydrogen-bond acceptors (Lipinski definition) is 4. The van der Waals surface area contributed by atoms with Gasteiger partial charge >= 0.3 is 5.97 Å². The van der Waals surface area contributed by atoms with Crippen molar-refractivity contribution in [2.75, 3.05) is 6.54 Å². The lowest BCUT2D eigenvalue weighted by atomic mass is 10.1. The lowest BCUT2D eigenvalue weighted by molar-refractivity contribution is -0.385. The van der Waals surface area contributed by atoms with Gasteiger partial charge in [-0.1, -0.05) is 0 Å². The largest absolute Gasteiger partial charge is 0.481 e. The second-order valence-electron chi connectivity index (χ2n) is 4.85. The number of benzene rings is 1. The zero-order chi connectivity index (χ0) is 15.6. The molecule has 0 aromatic heterocycles. The average Bonchev–Trinajstić information content (AvgIpc) is 2.84. The summed E-state index contributed by atoms with van der Waals surface area (Å²) in [4.78, 5) is 34.3. The molecule has 1 saturated heterocycles. The van der Waals surface area contributed by atoms with Crippen LogP contribution in [-0.4, -0.2) is 39.4 Å². The highest BCUT2D eigenvalue weighted by Gasteiger charge is 2.31. The van der Waals surface area contributed by atoms with Gasteiger partial charge in [0.2, 0.25) is 0 Å². The number of rotatable bonds is 4. The van der Waals surface area contributed by atoms with Gasteiger partial charge in [0, 0.05) is 24.2 Å². The summed E-state index contributed by atoms with van der Waals surface area (Å²) in [5.41, 5.74) is -0.647. The van der Waals surface area contributed by atoms with Crippen molar-refractivity contribution in [3.8, 4) is 0 Å². The third-order valence-corrected chi connectivity index (χ3v) is 3.39. The molecule has 0 aliphatic carbocycles. The number of nitro groups is 1. The van der Waals surface area contributed by atoms with Gasteiger partial charge in [-0.3, -0.25) is 19.7 Å². The number of amides is 1. The third-order valence-electron chi connectivity index (χ3n) is 3.39. The monoisotopic (exact) mass is 296 g/mol. The number of nitro benzene ring substituents is 1. The second-order valence-corrected chi connectivity index (χ2v) is 4.85. The van der Waals surface area contributed by atoms with Gasteiger partial charge in [0.1, 0.15) is 5.82 Å². The molecule has 0 saturated carbocycles. The van der Waals surface area contributed by atoms with Crippen molar-refractivity contribution in [3.05, 3.63) is 39.7 Å². The molecule has 21 heavy (non-hydrogen) atoms. The number of non-ortho nitro benzene ring substituents is 1. The molecule has 1 atom stereocenters. The van der Waals surface area contributed by atoms with E-state index in [1.165, 1.54) is 4.90 Å². The van der Waals surface area contributed by atoms with Crippen LogP contribution in [-0.2, 0) is 4.79 Å². The number of carbonyl (C=O) groups is 2. The van der Waals surface area contributed by atoms with Crippen LogP contribution in [0.4, 0.5) is 10.1 Å². The molecule has 0 spiro atoms. The molecule has 112 valence electrons. The van der Waals surface area contributed by atoms with E-state index in [9.17, 15) is 24.1 Å². The van der Waals surface area contributed by atoms with Gasteiger partial charge in [-0.25, -0.2) is 4.39 Å². The quantitative estimate of drug-likeness (QED) is 0.674. The lowest BCUT2D eigenvalue weighted by Crippen LogP contribution is -2.36. The Bertz CT molecular complexity index is 604. The second kappa shape index (κ2) is 5.86. The first-order valence-electron chi connectivity index (χ1n) is 6.36. The van der Waals surface area contributed by atoms with Gasteiger partial charge in [0.25, 0.3) is 11.6 Å². The minimum Gasteiger partial charge on any atom is -0.481 e. The minimum atomic E-state index is -1.02. The zero-order valence-electron chi connectivity index (χ0n) is 11.0. The molecule has 1 unspecified atom stereocenters. The van der Waals surface area contributed by atoms with Crippen LogP contribution < -0.4 is 0 Å². The molecule has 8 heteroatoms. The highest BCUT2D eigenvalue weighted by molar-refractivity contribution is 5.95. The van der Waals surface area contributed by atoms with Crippen LogP contribution in [0.3, 0.4) is 0 Å². The number of halogens is 1. The number of carbonyl (C=O) groups excluding carboxylic acids is 1. The van der Waals surface area contributed by atoms with Crippen molar-refractivity contribution in [2.45, 2.75) is 25.3 Å². The Hall–Kier alpha value is -2.51. The molecule has 1 fully saturated rings. The standard InChI is InChI=1S/C13H13FN2O5/c14-9-4-8(5-11(6-9)16(20)21)13(19)15-3-1-2-10(15)7-12(17)18/h4-6,10H,1-3,7H2,(H,17,18). The van der Waals surface area contributed by atoms with Crippen LogP contribution in [0.15, 0.2) is 18.2 Å². The molecular formula is C13H13FN2O5. The van der Waals surface area contributed by atoms with Crippen molar-refractivity contribution in [1.29, 1.82) is 0 Å². The summed E-state index contributed by atoms with van der Waals surface area (Å²) in [6.45, 7) is 0.362. The molecule has 7 nitrogen and oxygen atoms in total. The van der Waals surface area contributed by atoms with Crippen molar-refractivity contribution >= 4 is 17.6 Å². The molecule has 1 aliphatic rings. The van der Waals surface area contributed by atoms with E-state index in [0.717, 1.165) is 18.2 Å². The number of nitrogens with zero attached hydrogens (tertiary/aromatic N) is 2. The van der Waals surface area contributed by atoms with Crippen molar-refractivity contribution in [1.82, 2.24) is 4.90 Å². The van der Waals surface area contributed by atoms with Gasteiger partial charge in [-0.15, -0.1) is 0 Å². The van der Waals surface area contributed by atoms with E-state index in [0.29, 0.717) is 19.4 Å². The lowest BCUT2D eigenvalue weighted by Gasteiger charge is -2.23. The Morgan fingerprint density at radius 1 is 1.43 bits per heavy atom. The normalized spacial score (nSPS) is 17.8. The summed E-state index contributed by atoms with van der Waals surface area (Å²) >= 11 is 0. The molecule has 1 N–H and O–H groups in total. The molecule has 1 aromatic rings. The molecule has 1 amide bonds. The van der Waals surface area contributed by atoms with Gasteiger partial charge in [0.15, 0.2) is 0 Å². The maximum Gasteiger partial charge on any atom is 0.305 e. The molecule has 1 aromatic carbocycles. The Morgan fingerprint density at radius 3 is 2.76 bits per heavy atom. The van der Waals surface area contributed by atoms with Crippen LogP contribution in [0.2, 0.25) is 0 Å². The maximum absolute atomic E-state index is 13.4. The Labute approximate surface area is 119 Å². The van der Waals surface area contributed by atoms with E-state index < -0.39 is 34.3 Å². The molecule has 1 heterocycles. The van der Waals surface area contributed by atoms with E-state index in [-0.39, 0.29) is 12.0 Å². The summed E-state index contributed by atoms with van der Waals surface area (Å²) in [5, 5.41) is 19.5. The summed E-state index contributed by atoms with van der Waals surface area (Å²) < 4.78 is 13.4. The van der Waals surface area contributed by atoms with Crippen LogP contribution in [0, 0.1) is 15.9 Å². The van der Waals surface area contributed by atoms with E-state index >= 15 is 0 Å². The van der Waals surface area contributed by atoms with E-state index in [2.05, 4.69) is 0 Å². The van der Waals surface area contributed by atoms with Crippen LogP contribution in [0.5, 0.6) is 0 Å². The number of hydrogen-bond donors (Lipinski definition) is 1. The van der Waals surface area contributed by atoms with E-state index in [1.807, 2.05) is 0 Å². The molecule has 1 aliphatic heterocycles. The first kappa shape index (κ1) is 14.9. The number of carboxylic acid groups (broad SMARTS) is 1. The number of carboxylic acids is 1. The zero-order valence-corrected chi connectivity index (χ0v) is 11.0. The third kappa shape index (κ3) is 3.33. The average molecular weight is 296 g/mol. The molecule has 0 bridgehead atoms. The highest BCUT2D eigenvalue weighted by Crippen LogP contribution is 2.24. The van der Waals surface area contributed by atoms with Gasteiger partial charge in [0.05, 0.1) is 17.4 Å². The predicted octanol–water partition coefficient (Wildman–Crippen LogP) is 1.81. The first-order chi connectivity index (χ1) is 9.88. The first-order valence-corrected chi connectivity index (χ1v) is 6.36. The van der Waals surface area contributed by atoms with Crippen LogP contribution >= 0.6 is 0 Å². The Morgan fingerprint density at radius 2 is 2.14 bits per heavy atom. The van der Waals surface area contributed by atoms with E-state index in [4.69, 9.17) is 5.11 Å². The summed E-state index contributed by atoms with van der Waals surface area (Å²) in [7, 11) is 0. The van der Waals surface area contributed by atoms with Crippen LogP contribution in [0.25, 0.3) is 0 Å². The number of aliphatic carboxylic acids is 1. The Balaban J connectivity index is 2.27. The maximum atomic E-state index is 13.4. The fourth-order valence-corrected chi connectivity index (χ4v) is 2.49. The Kier molecular flexibility index (Phi) is 4.15. The van der Waals surface area contributed by atoms with Crippen molar-refractivity contribution in [3.63, 3.8) is 0 Å². The fraction of sp³-hybridized carbons (Fsp3) is 0.385. The SMILES string of the molecule is O=C(O)CC1CCCN1C(=O)c1cc(F)cc([N+](=O)[O-])c1. The summed E-state index contributed by atoms with van der Waals surface area (Å²) in [6.07, 6.45) is 1.01. The highest BCUT2D eigenvalue weighted by atomic mass is 19.1. The topological polar surface area (TPSA) is 101 Å². The minimum absolute atomic E-state index is 0.140. The summed E-state index contributed by atoms with van der Waals surface area (Å²) in [6, 6.07) is 2.19.